The Hall–Kier alpha value is -2.15. The van der Waals surface area contributed by atoms with Gasteiger partial charge in [-0.2, -0.15) is 0 Å². The van der Waals surface area contributed by atoms with Gasteiger partial charge < -0.3 is 0 Å². The first-order chi connectivity index (χ1) is 8.81. The minimum Gasteiger partial charge on any atom is -0.293 e. The molecule has 0 amide bonds. The Kier molecular flexibility index (Phi) is 1.75. The Morgan fingerprint density at radius 2 is 1.72 bits per heavy atom. The van der Waals surface area contributed by atoms with Crippen molar-refractivity contribution < 1.29 is 4.79 Å². The first-order valence-corrected chi connectivity index (χ1v) is 6.23. The summed E-state index contributed by atoms with van der Waals surface area (Å²) in [6, 6.07) is 16.2. The molecule has 18 heavy (non-hydrogen) atoms. The fourth-order valence-electron chi connectivity index (χ4n) is 3.24. The predicted molar refractivity (Wildman–Crippen MR) is 71.6 cm³/mol. The van der Waals surface area contributed by atoms with Gasteiger partial charge in [0.15, 0.2) is 5.78 Å². The average molecular weight is 232 g/mol. The highest BCUT2D eigenvalue weighted by atomic mass is 16.1. The van der Waals surface area contributed by atoms with Gasteiger partial charge >= 0.3 is 0 Å². The first kappa shape index (κ1) is 9.84. The smallest absolute Gasteiger partial charge is 0.177 e. The molecule has 0 aliphatic heterocycles. The number of benzene rings is 2. The van der Waals surface area contributed by atoms with Gasteiger partial charge in [-0.15, -0.1) is 0 Å². The maximum atomic E-state index is 12.7. The molecular weight excluding hydrogens is 220 g/mol. The third kappa shape index (κ3) is 1.04. The Bertz CT molecular complexity index is 696. The SMILES string of the molecule is O=C1c2ccccc2C[C@]12C=Cc1ccccc12. The average Bonchev–Trinajstić information content (AvgIpc) is 2.92. The van der Waals surface area contributed by atoms with Crippen LogP contribution >= 0.6 is 0 Å². The van der Waals surface area contributed by atoms with Crippen molar-refractivity contribution in [2.45, 2.75) is 11.8 Å². The van der Waals surface area contributed by atoms with E-state index in [1.807, 2.05) is 30.3 Å². The van der Waals surface area contributed by atoms with Crippen LogP contribution in [0.5, 0.6) is 0 Å². The van der Waals surface area contributed by atoms with Crippen LogP contribution in [0.4, 0.5) is 0 Å². The number of hydrogen-bond acceptors (Lipinski definition) is 1. The number of hydrogen-bond donors (Lipinski definition) is 0. The molecule has 0 N–H and O–H groups in total. The lowest BCUT2D eigenvalue weighted by molar-refractivity contribution is 0.0936. The van der Waals surface area contributed by atoms with Crippen molar-refractivity contribution in [3.8, 4) is 0 Å². The van der Waals surface area contributed by atoms with Crippen molar-refractivity contribution in [1.29, 1.82) is 0 Å². The number of Topliss-reactive ketones (excluding diaryl/α,β-unsaturated/α-hetero) is 1. The second-order valence-corrected chi connectivity index (χ2v) is 5.05. The number of fused-ring (bicyclic) bond motifs is 3. The van der Waals surface area contributed by atoms with E-state index in [1.165, 1.54) is 11.1 Å². The van der Waals surface area contributed by atoms with E-state index in [1.54, 1.807) is 0 Å². The van der Waals surface area contributed by atoms with E-state index in [4.69, 9.17) is 0 Å². The summed E-state index contributed by atoms with van der Waals surface area (Å²) in [4.78, 5) is 12.7. The number of rotatable bonds is 0. The summed E-state index contributed by atoms with van der Waals surface area (Å²) >= 11 is 0. The predicted octanol–water partition coefficient (Wildman–Crippen LogP) is 3.39. The normalized spacial score (nSPS) is 23.4. The maximum Gasteiger partial charge on any atom is 0.177 e. The largest absolute Gasteiger partial charge is 0.293 e. The Morgan fingerprint density at radius 3 is 2.61 bits per heavy atom. The molecule has 1 atom stereocenters. The molecule has 86 valence electrons. The van der Waals surface area contributed by atoms with Gasteiger partial charge in [0.05, 0.1) is 5.41 Å². The zero-order chi connectivity index (χ0) is 12.2. The van der Waals surface area contributed by atoms with E-state index >= 15 is 0 Å². The maximum absolute atomic E-state index is 12.7. The Morgan fingerprint density at radius 1 is 0.944 bits per heavy atom. The molecule has 1 spiro atoms. The van der Waals surface area contributed by atoms with Gasteiger partial charge in [-0.3, -0.25) is 4.79 Å². The lowest BCUT2D eigenvalue weighted by atomic mass is 9.79. The molecule has 0 saturated carbocycles. The molecule has 0 heterocycles. The van der Waals surface area contributed by atoms with E-state index in [9.17, 15) is 4.79 Å². The second-order valence-electron chi connectivity index (χ2n) is 5.05. The highest BCUT2D eigenvalue weighted by Crippen LogP contribution is 2.45. The molecular formula is C17H12O. The van der Waals surface area contributed by atoms with E-state index in [0.29, 0.717) is 0 Å². The van der Waals surface area contributed by atoms with E-state index in [2.05, 4.69) is 30.4 Å². The van der Waals surface area contributed by atoms with Crippen LogP contribution in [-0.2, 0) is 11.8 Å². The van der Waals surface area contributed by atoms with Crippen molar-refractivity contribution in [1.82, 2.24) is 0 Å². The molecule has 0 fully saturated rings. The molecule has 4 rings (SSSR count). The molecule has 2 aliphatic carbocycles. The molecule has 0 radical (unpaired) electrons. The minimum atomic E-state index is -0.430. The molecule has 0 saturated heterocycles. The molecule has 0 bridgehead atoms. The highest BCUT2D eigenvalue weighted by Gasteiger charge is 2.47. The number of carbonyl (C=O) groups excluding carboxylic acids is 1. The van der Waals surface area contributed by atoms with Gasteiger partial charge in [0.25, 0.3) is 0 Å². The topological polar surface area (TPSA) is 17.1 Å². The van der Waals surface area contributed by atoms with E-state index in [0.717, 1.165) is 17.5 Å². The third-order valence-corrected chi connectivity index (χ3v) is 4.13. The first-order valence-electron chi connectivity index (χ1n) is 6.23. The zero-order valence-corrected chi connectivity index (χ0v) is 9.89. The van der Waals surface area contributed by atoms with Crippen molar-refractivity contribution in [3.63, 3.8) is 0 Å². The van der Waals surface area contributed by atoms with Gasteiger partial charge in [-0.25, -0.2) is 0 Å². The minimum absolute atomic E-state index is 0.249. The zero-order valence-electron chi connectivity index (χ0n) is 9.89. The summed E-state index contributed by atoms with van der Waals surface area (Å²) in [5.41, 5.74) is 3.97. The van der Waals surface area contributed by atoms with E-state index < -0.39 is 5.41 Å². The highest BCUT2D eigenvalue weighted by molar-refractivity contribution is 6.11. The summed E-state index contributed by atoms with van der Waals surface area (Å²) in [6.45, 7) is 0. The van der Waals surface area contributed by atoms with Crippen LogP contribution in [0.1, 0.15) is 27.0 Å². The van der Waals surface area contributed by atoms with Crippen LogP contribution in [-0.4, -0.2) is 5.78 Å². The molecule has 0 unspecified atom stereocenters. The van der Waals surface area contributed by atoms with Gasteiger partial charge in [-0.1, -0.05) is 60.7 Å². The molecule has 1 nitrogen and oxygen atoms in total. The second kappa shape index (κ2) is 3.20. The quantitative estimate of drug-likeness (QED) is 0.680. The summed E-state index contributed by atoms with van der Waals surface area (Å²) in [5.74, 6) is 0.249. The number of carbonyl (C=O) groups is 1. The van der Waals surface area contributed by atoms with Crippen LogP contribution in [0.25, 0.3) is 6.08 Å². The van der Waals surface area contributed by atoms with Gasteiger partial charge in [-0.05, 0) is 23.1 Å². The van der Waals surface area contributed by atoms with Crippen molar-refractivity contribution in [2.75, 3.05) is 0 Å². The molecule has 1 heteroatoms. The van der Waals surface area contributed by atoms with E-state index in [-0.39, 0.29) is 5.78 Å². The summed E-state index contributed by atoms with van der Waals surface area (Å²) in [6.07, 6.45) is 4.97. The molecule has 2 aliphatic rings. The van der Waals surface area contributed by atoms with Gasteiger partial charge in [0, 0.05) is 5.56 Å². The van der Waals surface area contributed by atoms with Crippen LogP contribution < -0.4 is 0 Å². The van der Waals surface area contributed by atoms with Gasteiger partial charge in [0.1, 0.15) is 0 Å². The van der Waals surface area contributed by atoms with Crippen LogP contribution in [0.2, 0.25) is 0 Å². The fraction of sp³-hybridized carbons (Fsp3) is 0.118. The van der Waals surface area contributed by atoms with Crippen LogP contribution in [0.15, 0.2) is 54.6 Å². The lowest BCUT2D eigenvalue weighted by Crippen LogP contribution is -2.29. The van der Waals surface area contributed by atoms with Gasteiger partial charge in [0.2, 0.25) is 0 Å². The van der Waals surface area contributed by atoms with Crippen LogP contribution in [0, 0.1) is 0 Å². The monoisotopic (exact) mass is 232 g/mol. The Balaban J connectivity index is 1.96. The number of ketones is 1. The Labute approximate surface area is 106 Å². The lowest BCUT2D eigenvalue weighted by Gasteiger charge is -2.21. The summed E-state index contributed by atoms with van der Waals surface area (Å²) < 4.78 is 0. The number of allylic oxidation sites excluding steroid dienone is 1. The van der Waals surface area contributed by atoms with Crippen LogP contribution in [0.3, 0.4) is 0 Å². The standard InChI is InChI=1S/C17H12O/c18-16-14-7-3-1-6-13(14)11-17(16)10-9-12-5-2-4-8-15(12)17/h1-10H,11H2/t17-/m0/s1. The van der Waals surface area contributed by atoms with Crippen molar-refractivity contribution in [2.24, 2.45) is 0 Å². The summed E-state index contributed by atoms with van der Waals surface area (Å²) in [7, 11) is 0. The van der Waals surface area contributed by atoms with Crippen molar-refractivity contribution >= 4 is 11.9 Å². The fourth-order valence-corrected chi connectivity index (χ4v) is 3.24. The molecule has 0 aromatic heterocycles. The molecule has 2 aromatic carbocycles. The molecule has 2 aromatic rings. The van der Waals surface area contributed by atoms with Crippen molar-refractivity contribution in [3.05, 3.63) is 76.9 Å². The summed E-state index contributed by atoms with van der Waals surface area (Å²) in [5, 5.41) is 0. The third-order valence-electron chi connectivity index (χ3n) is 4.13.